The fourth-order valence-electron chi connectivity index (χ4n) is 2.44. The maximum absolute atomic E-state index is 12.2. The molecule has 2 N–H and O–H groups in total. The van der Waals surface area contributed by atoms with E-state index in [1.165, 1.54) is 11.8 Å². The first-order chi connectivity index (χ1) is 9.38. The van der Waals surface area contributed by atoms with Crippen molar-refractivity contribution in [2.75, 3.05) is 26.0 Å². The van der Waals surface area contributed by atoms with Crippen molar-refractivity contribution in [3.8, 4) is 0 Å². The van der Waals surface area contributed by atoms with Crippen molar-refractivity contribution in [3.63, 3.8) is 0 Å². The maximum Gasteiger partial charge on any atom is 0.225 e. The Labute approximate surface area is 125 Å². The Morgan fingerprint density at radius 3 is 2.65 bits per heavy atom. The van der Waals surface area contributed by atoms with Crippen molar-refractivity contribution in [1.82, 2.24) is 10.2 Å². The van der Waals surface area contributed by atoms with Crippen molar-refractivity contribution in [2.24, 2.45) is 11.8 Å². The maximum atomic E-state index is 12.2. The molecule has 1 heterocycles. The van der Waals surface area contributed by atoms with Crippen molar-refractivity contribution in [1.29, 1.82) is 0 Å². The molecule has 1 aliphatic heterocycles. The molecule has 3 atom stereocenters. The van der Waals surface area contributed by atoms with Crippen LogP contribution < -0.4 is 5.32 Å². The van der Waals surface area contributed by atoms with Gasteiger partial charge in [-0.3, -0.25) is 9.59 Å². The van der Waals surface area contributed by atoms with Crippen LogP contribution in [-0.2, 0) is 9.59 Å². The van der Waals surface area contributed by atoms with E-state index in [9.17, 15) is 14.7 Å². The van der Waals surface area contributed by atoms with Gasteiger partial charge in [0, 0.05) is 30.8 Å². The Hall–Kier alpha value is -0.750. The number of amides is 2. The van der Waals surface area contributed by atoms with Crippen LogP contribution in [0, 0.1) is 11.8 Å². The number of nitrogens with one attached hydrogen (secondary N) is 1. The first-order valence-electron chi connectivity index (χ1n) is 7.10. The first kappa shape index (κ1) is 17.3. The Morgan fingerprint density at radius 1 is 1.50 bits per heavy atom. The lowest BCUT2D eigenvalue weighted by Crippen LogP contribution is -2.44. The van der Waals surface area contributed by atoms with Gasteiger partial charge in [-0.05, 0) is 19.1 Å². The number of nitrogens with zero attached hydrogens (tertiary/aromatic N) is 1. The number of hydrogen-bond donors (Lipinski definition) is 2. The summed E-state index contributed by atoms with van der Waals surface area (Å²) in [6, 6.07) is -0.100. The number of likely N-dealkylation sites (tertiary alicyclic amines) is 1. The number of aliphatic hydroxyl groups excluding tert-OH is 1. The number of aliphatic hydroxyl groups is 1. The zero-order valence-corrected chi connectivity index (χ0v) is 13.6. The molecule has 1 fully saturated rings. The highest BCUT2D eigenvalue weighted by atomic mass is 32.2. The predicted octanol–water partition coefficient (Wildman–Crippen LogP) is 0.719. The molecule has 1 rings (SSSR count). The number of hydrogen-bond acceptors (Lipinski definition) is 4. The second-order valence-corrected chi connectivity index (χ2v) is 6.92. The molecule has 20 heavy (non-hydrogen) atoms. The molecular formula is C14H26N2O3S. The summed E-state index contributed by atoms with van der Waals surface area (Å²) in [4.78, 5) is 25.8. The quantitative estimate of drug-likeness (QED) is 0.727. The Kier molecular flexibility index (Phi) is 6.82. The van der Waals surface area contributed by atoms with Gasteiger partial charge < -0.3 is 15.3 Å². The molecule has 0 saturated carbocycles. The third kappa shape index (κ3) is 4.66. The SMILES string of the molecule is CSC(CO)C(C)NC(=O)C1CC(=O)N(CC(C)C)C1. The normalized spacial score (nSPS) is 22.2. The summed E-state index contributed by atoms with van der Waals surface area (Å²) >= 11 is 1.53. The predicted molar refractivity (Wildman–Crippen MR) is 81.5 cm³/mol. The molecule has 5 nitrogen and oxygen atoms in total. The van der Waals surface area contributed by atoms with Crippen molar-refractivity contribution >= 4 is 23.6 Å². The van der Waals surface area contributed by atoms with Gasteiger partial charge in [-0.2, -0.15) is 11.8 Å². The minimum absolute atomic E-state index is 0.0113. The molecule has 0 spiro atoms. The van der Waals surface area contributed by atoms with Crippen molar-refractivity contribution < 1.29 is 14.7 Å². The topological polar surface area (TPSA) is 69.6 Å². The Bertz CT molecular complexity index is 345. The average Bonchev–Trinajstić information content (AvgIpc) is 2.71. The molecule has 6 heteroatoms. The lowest BCUT2D eigenvalue weighted by atomic mass is 10.1. The van der Waals surface area contributed by atoms with Crippen LogP contribution in [0.1, 0.15) is 27.2 Å². The molecular weight excluding hydrogens is 276 g/mol. The van der Waals surface area contributed by atoms with E-state index in [1.54, 1.807) is 4.90 Å². The van der Waals surface area contributed by atoms with E-state index in [-0.39, 0.29) is 35.6 Å². The molecule has 116 valence electrons. The van der Waals surface area contributed by atoms with Crippen LogP contribution in [-0.4, -0.2) is 59.1 Å². The number of rotatable bonds is 7. The van der Waals surface area contributed by atoms with Gasteiger partial charge in [0.1, 0.15) is 0 Å². The number of carbonyl (C=O) groups is 2. The fraction of sp³-hybridized carbons (Fsp3) is 0.857. The van der Waals surface area contributed by atoms with Gasteiger partial charge in [0.25, 0.3) is 0 Å². The minimum atomic E-state index is -0.259. The zero-order chi connectivity index (χ0) is 15.3. The highest BCUT2D eigenvalue weighted by Crippen LogP contribution is 2.20. The molecule has 0 radical (unpaired) electrons. The molecule has 0 aromatic carbocycles. The highest BCUT2D eigenvalue weighted by Gasteiger charge is 2.35. The van der Waals surface area contributed by atoms with Gasteiger partial charge in [-0.15, -0.1) is 0 Å². The Balaban J connectivity index is 2.51. The summed E-state index contributed by atoms with van der Waals surface area (Å²) in [5.74, 6) is 0.138. The molecule has 0 aromatic rings. The smallest absolute Gasteiger partial charge is 0.225 e. The van der Waals surface area contributed by atoms with E-state index in [0.29, 0.717) is 25.4 Å². The Morgan fingerprint density at radius 2 is 2.15 bits per heavy atom. The largest absolute Gasteiger partial charge is 0.395 e. The summed E-state index contributed by atoms with van der Waals surface area (Å²) < 4.78 is 0. The minimum Gasteiger partial charge on any atom is -0.395 e. The second-order valence-electron chi connectivity index (χ2n) is 5.85. The van der Waals surface area contributed by atoms with Crippen LogP contribution in [0.15, 0.2) is 0 Å². The second kappa shape index (κ2) is 7.88. The van der Waals surface area contributed by atoms with E-state index < -0.39 is 0 Å². The summed E-state index contributed by atoms with van der Waals surface area (Å²) in [5, 5.41) is 12.1. The third-order valence-electron chi connectivity index (χ3n) is 3.58. The summed E-state index contributed by atoms with van der Waals surface area (Å²) in [5.41, 5.74) is 0. The van der Waals surface area contributed by atoms with Crippen LogP contribution >= 0.6 is 11.8 Å². The monoisotopic (exact) mass is 302 g/mol. The number of carbonyl (C=O) groups excluding carboxylic acids is 2. The van der Waals surface area contributed by atoms with Crippen LogP contribution in [0.4, 0.5) is 0 Å². The molecule has 1 saturated heterocycles. The third-order valence-corrected chi connectivity index (χ3v) is 4.74. The van der Waals surface area contributed by atoms with Crippen molar-refractivity contribution in [2.45, 2.75) is 38.5 Å². The summed E-state index contributed by atoms with van der Waals surface area (Å²) in [6.07, 6.45) is 2.21. The van der Waals surface area contributed by atoms with Gasteiger partial charge in [0.15, 0.2) is 0 Å². The van der Waals surface area contributed by atoms with E-state index in [1.807, 2.05) is 13.2 Å². The van der Waals surface area contributed by atoms with Crippen LogP contribution in [0.2, 0.25) is 0 Å². The van der Waals surface area contributed by atoms with Crippen LogP contribution in [0.25, 0.3) is 0 Å². The molecule has 0 bridgehead atoms. The van der Waals surface area contributed by atoms with Gasteiger partial charge >= 0.3 is 0 Å². The molecule has 3 unspecified atom stereocenters. The van der Waals surface area contributed by atoms with Gasteiger partial charge in [0.05, 0.1) is 12.5 Å². The van der Waals surface area contributed by atoms with E-state index in [4.69, 9.17) is 0 Å². The average molecular weight is 302 g/mol. The van der Waals surface area contributed by atoms with E-state index in [2.05, 4.69) is 19.2 Å². The first-order valence-corrected chi connectivity index (χ1v) is 8.39. The highest BCUT2D eigenvalue weighted by molar-refractivity contribution is 7.99. The molecule has 0 aromatic heterocycles. The number of thioether (sulfide) groups is 1. The van der Waals surface area contributed by atoms with Gasteiger partial charge in [0.2, 0.25) is 11.8 Å². The molecule has 0 aliphatic carbocycles. The fourth-order valence-corrected chi connectivity index (χ4v) is 3.06. The summed E-state index contributed by atoms with van der Waals surface area (Å²) in [6.45, 7) is 7.27. The van der Waals surface area contributed by atoms with E-state index >= 15 is 0 Å². The van der Waals surface area contributed by atoms with Crippen LogP contribution in [0.3, 0.4) is 0 Å². The molecule has 1 aliphatic rings. The summed E-state index contributed by atoms with van der Waals surface area (Å²) in [7, 11) is 0. The lowest BCUT2D eigenvalue weighted by molar-refractivity contribution is -0.129. The van der Waals surface area contributed by atoms with E-state index in [0.717, 1.165) is 0 Å². The van der Waals surface area contributed by atoms with Crippen LogP contribution in [0.5, 0.6) is 0 Å². The standard InChI is InChI=1S/C14H26N2O3S/c1-9(2)6-16-7-11(5-13(16)18)14(19)15-10(3)12(8-17)20-4/h9-12,17H,5-8H2,1-4H3,(H,15,19). The van der Waals surface area contributed by atoms with Gasteiger partial charge in [-0.1, -0.05) is 13.8 Å². The molecule has 2 amide bonds. The van der Waals surface area contributed by atoms with Gasteiger partial charge in [-0.25, -0.2) is 0 Å². The van der Waals surface area contributed by atoms with Crippen molar-refractivity contribution in [3.05, 3.63) is 0 Å². The zero-order valence-electron chi connectivity index (χ0n) is 12.8. The lowest BCUT2D eigenvalue weighted by Gasteiger charge is -2.23.